The van der Waals surface area contributed by atoms with Gasteiger partial charge in [-0.15, -0.1) is 0 Å². The first-order chi connectivity index (χ1) is 10.6. The molecule has 0 aliphatic carbocycles. The first kappa shape index (κ1) is 14.3. The zero-order valence-corrected chi connectivity index (χ0v) is 12.9. The molecule has 1 aromatic carbocycles. The molecule has 0 unspecified atom stereocenters. The second-order valence-corrected chi connectivity index (χ2v) is 5.45. The Bertz CT molecular complexity index is 823. The number of aromatic nitrogens is 3. The normalized spacial score (nSPS) is 10.9. The molecule has 0 N–H and O–H groups in total. The van der Waals surface area contributed by atoms with Crippen LogP contribution in [0, 0.1) is 6.92 Å². The van der Waals surface area contributed by atoms with Gasteiger partial charge in [0.1, 0.15) is 0 Å². The van der Waals surface area contributed by atoms with E-state index < -0.39 is 0 Å². The van der Waals surface area contributed by atoms with E-state index in [1.165, 1.54) is 0 Å². The summed E-state index contributed by atoms with van der Waals surface area (Å²) in [5, 5.41) is 5.25. The summed E-state index contributed by atoms with van der Waals surface area (Å²) in [6.07, 6.45) is 1.62. The fourth-order valence-corrected chi connectivity index (χ4v) is 2.57. The third-order valence-corrected chi connectivity index (χ3v) is 3.72. The Morgan fingerprint density at radius 1 is 1.27 bits per heavy atom. The lowest BCUT2D eigenvalue weighted by Gasteiger charge is -2.17. The molecule has 5 nitrogen and oxygen atoms in total. The SMILES string of the molecule is Cc1nn(C)c2ncc(C(=O)N(C)Cc3ccccc3)cc12. The minimum Gasteiger partial charge on any atom is -0.337 e. The van der Waals surface area contributed by atoms with Gasteiger partial charge >= 0.3 is 0 Å². The molecule has 3 rings (SSSR count). The lowest BCUT2D eigenvalue weighted by Crippen LogP contribution is -2.26. The summed E-state index contributed by atoms with van der Waals surface area (Å²) >= 11 is 0. The van der Waals surface area contributed by atoms with Crippen LogP contribution in [0.1, 0.15) is 21.6 Å². The Morgan fingerprint density at radius 3 is 2.73 bits per heavy atom. The molecule has 22 heavy (non-hydrogen) atoms. The van der Waals surface area contributed by atoms with E-state index in [1.807, 2.05) is 50.4 Å². The van der Waals surface area contributed by atoms with Crippen molar-refractivity contribution in [3.05, 3.63) is 59.4 Å². The van der Waals surface area contributed by atoms with Gasteiger partial charge in [-0.25, -0.2) is 4.98 Å². The summed E-state index contributed by atoms with van der Waals surface area (Å²) in [5.74, 6) is -0.0403. The standard InChI is InChI=1S/C17H18N4O/c1-12-15-9-14(10-18-16(15)21(3)19-12)17(22)20(2)11-13-7-5-4-6-8-13/h4-10H,11H2,1-3H3. The highest BCUT2D eigenvalue weighted by Crippen LogP contribution is 2.17. The van der Waals surface area contributed by atoms with Gasteiger partial charge < -0.3 is 4.90 Å². The number of carbonyl (C=O) groups is 1. The average molecular weight is 294 g/mol. The number of hydrogen-bond donors (Lipinski definition) is 0. The van der Waals surface area contributed by atoms with Gasteiger partial charge in [0.25, 0.3) is 5.91 Å². The number of benzene rings is 1. The molecule has 3 aromatic rings. The topological polar surface area (TPSA) is 51.0 Å². The second-order valence-electron chi connectivity index (χ2n) is 5.45. The largest absolute Gasteiger partial charge is 0.337 e. The van der Waals surface area contributed by atoms with E-state index in [1.54, 1.807) is 22.8 Å². The van der Waals surface area contributed by atoms with Crippen LogP contribution in [-0.4, -0.2) is 32.6 Å². The molecule has 0 radical (unpaired) electrons. The van der Waals surface area contributed by atoms with E-state index in [0.29, 0.717) is 12.1 Å². The molecule has 0 spiro atoms. The fourth-order valence-electron chi connectivity index (χ4n) is 2.57. The molecule has 0 bridgehead atoms. The van der Waals surface area contributed by atoms with Crippen LogP contribution in [0.5, 0.6) is 0 Å². The summed E-state index contributed by atoms with van der Waals surface area (Å²) < 4.78 is 1.73. The van der Waals surface area contributed by atoms with E-state index in [0.717, 1.165) is 22.3 Å². The number of amides is 1. The van der Waals surface area contributed by atoms with Crippen molar-refractivity contribution in [1.29, 1.82) is 0 Å². The molecular weight excluding hydrogens is 276 g/mol. The number of rotatable bonds is 3. The monoisotopic (exact) mass is 294 g/mol. The second kappa shape index (κ2) is 5.60. The van der Waals surface area contributed by atoms with E-state index in [-0.39, 0.29) is 5.91 Å². The minimum atomic E-state index is -0.0403. The van der Waals surface area contributed by atoms with Crippen molar-refractivity contribution in [3.63, 3.8) is 0 Å². The van der Waals surface area contributed by atoms with E-state index in [4.69, 9.17) is 0 Å². The molecule has 0 saturated heterocycles. The number of fused-ring (bicyclic) bond motifs is 1. The van der Waals surface area contributed by atoms with Crippen molar-refractivity contribution in [2.24, 2.45) is 7.05 Å². The first-order valence-electron chi connectivity index (χ1n) is 7.15. The summed E-state index contributed by atoms with van der Waals surface area (Å²) in [7, 11) is 3.65. The van der Waals surface area contributed by atoms with Gasteiger partial charge in [0.15, 0.2) is 5.65 Å². The quantitative estimate of drug-likeness (QED) is 0.746. The highest BCUT2D eigenvalue weighted by Gasteiger charge is 2.15. The molecular formula is C17H18N4O. The number of carbonyl (C=O) groups excluding carboxylic acids is 1. The van der Waals surface area contributed by atoms with Crippen LogP contribution >= 0.6 is 0 Å². The molecule has 5 heteroatoms. The zero-order valence-electron chi connectivity index (χ0n) is 12.9. The molecule has 1 amide bonds. The predicted octanol–water partition coefficient (Wildman–Crippen LogP) is 2.55. The van der Waals surface area contributed by atoms with Crippen LogP contribution < -0.4 is 0 Å². The summed E-state index contributed by atoms with van der Waals surface area (Å²) in [6.45, 7) is 2.50. The third-order valence-electron chi connectivity index (χ3n) is 3.72. The minimum absolute atomic E-state index is 0.0403. The number of nitrogens with zero attached hydrogens (tertiary/aromatic N) is 4. The van der Waals surface area contributed by atoms with E-state index >= 15 is 0 Å². The highest BCUT2D eigenvalue weighted by atomic mass is 16.2. The number of pyridine rings is 1. The smallest absolute Gasteiger partial charge is 0.255 e. The number of aryl methyl sites for hydroxylation is 2. The molecule has 0 aliphatic rings. The Hall–Kier alpha value is -2.69. The summed E-state index contributed by atoms with van der Waals surface area (Å²) in [6, 6.07) is 11.8. The maximum Gasteiger partial charge on any atom is 0.255 e. The van der Waals surface area contributed by atoms with Gasteiger partial charge in [-0.1, -0.05) is 30.3 Å². The van der Waals surface area contributed by atoms with Crippen molar-refractivity contribution in [2.45, 2.75) is 13.5 Å². The first-order valence-corrected chi connectivity index (χ1v) is 7.15. The predicted molar refractivity (Wildman–Crippen MR) is 85.5 cm³/mol. The molecule has 112 valence electrons. The summed E-state index contributed by atoms with van der Waals surface area (Å²) in [5.41, 5.74) is 3.36. The van der Waals surface area contributed by atoms with Gasteiger partial charge in [-0.05, 0) is 18.6 Å². The Morgan fingerprint density at radius 2 is 2.00 bits per heavy atom. The lowest BCUT2D eigenvalue weighted by molar-refractivity contribution is 0.0785. The Kier molecular flexibility index (Phi) is 3.63. The molecule has 0 atom stereocenters. The van der Waals surface area contributed by atoms with E-state index in [9.17, 15) is 4.79 Å². The van der Waals surface area contributed by atoms with Crippen molar-refractivity contribution >= 4 is 16.9 Å². The van der Waals surface area contributed by atoms with Crippen molar-refractivity contribution in [2.75, 3.05) is 7.05 Å². The molecule has 0 aliphatic heterocycles. The zero-order chi connectivity index (χ0) is 15.7. The molecule has 0 saturated carbocycles. The Labute approximate surface area is 129 Å². The van der Waals surface area contributed by atoms with Crippen molar-refractivity contribution < 1.29 is 4.79 Å². The molecule has 0 fully saturated rings. The summed E-state index contributed by atoms with van der Waals surface area (Å²) in [4.78, 5) is 18.6. The van der Waals surface area contributed by atoms with Gasteiger partial charge in [0.2, 0.25) is 0 Å². The van der Waals surface area contributed by atoms with Crippen LogP contribution in [0.15, 0.2) is 42.6 Å². The Balaban J connectivity index is 1.87. The third kappa shape index (κ3) is 2.57. The van der Waals surface area contributed by atoms with Crippen LogP contribution in [0.4, 0.5) is 0 Å². The number of hydrogen-bond acceptors (Lipinski definition) is 3. The maximum absolute atomic E-state index is 12.6. The maximum atomic E-state index is 12.6. The molecule has 2 aromatic heterocycles. The van der Waals surface area contributed by atoms with Crippen molar-refractivity contribution in [1.82, 2.24) is 19.7 Å². The van der Waals surface area contributed by atoms with Gasteiger partial charge in [-0.3, -0.25) is 9.48 Å². The van der Waals surface area contributed by atoms with Crippen LogP contribution in [0.2, 0.25) is 0 Å². The molecule has 2 heterocycles. The van der Waals surface area contributed by atoms with Crippen LogP contribution in [-0.2, 0) is 13.6 Å². The van der Waals surface area contributed by atoms with Gasteiger partial charge in [-0.2, -0.15) is 5.10 Å². The fraction of sp³-hybridized carbons (Fsp3) is 0.235. The lowest BCUT2D eigenvalue weighted by atomic mass is 10.1. The van der Waals surface area contributed by atoms with Gasteiger partial charge in [0, 0.05) is 32.2 Å². The average Bonchev–Trinajstić information content (AvgIpc) is 2.82. The van der Waals surface area contributed by atoms with Gasteiger partial charge in [0.05, 0.1) is 11.3 Å². The van der Waals surface area contributed by atoms with Crippen LogP contribution in [0.3, 0.4) is 0 Å². The van der Waals surface area contributed by atoms with E-state index in [2.05, 4.69) is 10.1 Å². The highest BCUT2D eigenvalue weighted by molar-refractivity contribution is 5.97. The van der Waals surface area contributed by atoms with Crippen LogP contribution in [0.25, 0.3) is 11.0 Å². The van der Waals surface area contributed by atoms with Crippen molar-refractivity contribution in [3.8, 4) is 0 Å².